The first-order valence-electron chi connectivity index (χ1n) is 10.7. The van der Waals surface area contributed by atoms with Gasteiger partial charge in [-0.15, -0.1) is 11.3 Å². The normalized spacial score (nSPS) is 23.3. The van der Waals surface area contributed by atoms with E-state index in [1.165, 1.54) is 27.6 Å². The van der Waals surface area contributed by atoms with Crippen molar-refractivity contribution in [1.29, 1.82) is 0 Å². The van der Waals surface area contributed by atoms with Gasteiger partial charge in [0.2, 0.25) is 15.9 Å². The van der Waals surface area contributed by atoms with Crippen LogP contribution >= 0.6 is 11.3 Å². The van der Waals surface area contributed by atoms with Gasteiger partial charge in [0.1, 0.15) is 0 Å². The Balaban J connectivity index is 1.21. The van der Waals surface area contributed by atoms with E-state index in [1.54, 1.807) is 24.3 Å². The van der Waals surface area contributed by atoms with Crippen LogP contribution in [0, 0.1) is 5.92 Å². The Bertz CT molecular complexity index is 1010. The third-order valence-electron chi connectivity index (χ3n) is 6.50. The van der Waals surface area contributed by atoms with E-state index < -0.39 is 10.0 Å². The Hall–Kier alpha value is -1.74. The smallest absolute Gasteiger partial charge is 0.243 e. The molecule has 2 fully saturated rings. The summed E-state index contributed by atoms with van der Waals surface area (Å²) in [7, 11) is -3.49. The van der Waals surface area contributed by atoms with Gasteiger partial charge in [-0.25, -0.2) is 8.42 Å². The maximum atomic E-state index is 13.1. The topological polar surface area (TPSA) is 60.9 Å². The van der Waals surface area contributed by atoms with Gasteiger partial charge in [-0.05, 0) is 54.3 Å². The molecule has 2 aliphatic heterocycles. The van der Waals surface area contributed by atoms with Crippen molar-refractivity contribution in [3.8, 4) is 0 Å². The minimum atomic E-state index is -3.49. The molecule has 1 amide bonds. The van der Waals surface area contributed by atoms with Crippen LogP contribution in [0.1, 0.15) is 29.3 Å². The number of amides is 1. The molecule has 1 atom stereocenters. The Labute approximate surface area is 182 Å². The summed E-state index contributed by atoms with van der Waals surface area (Å²) >= 11 is 1.84. The van der Waals surface area contributed by atoms with Crippen LogP contribution in [0.5, 0.6) is 0 Å². The zero-order valence-electron chi connectivity index (χ0n) is 16.9. The second-order valence-electron chi connectivity index (χ2n) is 8.40. The number of carbonyl (C=O) groups excluding carboxylic acids is 1. The fourth-order valence-corrected chi connectivity index (χ4v) is 7.09. The molecule has 1 saturated carbocycles. The number of hydrogen-bond acceptors (Lipinski definition) is 5. The quantitative estimate of drug-likeness (QED) is 0.710. The Morgan fingerprint density at radius 3 is 2.43 bits per heavy atom. The van der Waals surface area contributed by atoms with E-state index in [4.69, 9.17) is 0 Å². The number of fused-ring (bicyclic) bond motifs is 1. The second kappa shape index (κ2) is 8.07. The van der Waals surface area contributed by atoms with Crippen molar-refractivity contribution in [1.82, 2.24) is 14.1 Å². The average molecular weight is 446 g/mol. The van der Waals surface area contributed by atoms with Crippen LogP contribution in [0.15, 0.2) is 46.7 Å². The van der Waals surface area contributed by atoms with Crippen LogP contribution in [0.2, 0.25) is 0 Å². The lowest BCUT2D eigenvalue weighted by Gasteiger charge is -2.39. The number of carbonyl (C=O) groups is 1. The maximum absolute atomic E-state index is 13.1. The summed E-state index contributed by atoms with van der Waals surface area (Å²) in [6.45, 7) is 2.98. The molecule has 5 rings (SSSR count). The average Bonchev–Trinajstić information content (AvgIpc) is 3.50. The number of thiophene rings is 1. The second-order valence-corrected chi connectivity index (χ2v) is 11.3. The van der Waals surface area contributed by atoms with Crippen LogP contribution < -0.4 is 0 Å². The predicted octanol–water partition coefficient (Wildman–Crippen LogP) is 2.59. The van der Waals surface area contributed by atoms with Gasteiger partial charge in [-0.2, -0.15) is 4.31 Å². The molecule has 0 N–H and O–H groups in total. The van der Waals surface area contributed by atoms with Gasteiger partial charge < -0.3 is 4.90 Å². The standard InChI is InChI=1S/C22H27N3O3S2/c26-21(16-24-10-8-20-19(9-15-29-20)22(24)17-6-7-17)23-11-13-25(14-12-23)30(27,28)18-4-2-1-3-5-18/h1-5,9,15,17,22H,6-8,10-14,16H2. The van der Waals surface area contributed by atoms with Gasteiger partial charge in [0.05, 0.1) is 11.4 Å². The molecule has 1 aromatic heterocycles. The fourth-order valence-electron chi connectivity index (χ4n) is 4.73. The van der Waals surface area contributed by atoms with Crippen molar-refractivity contribution in [2.24, 2.45) is 5.92 Å². The lowest BCUT2D eigenvalue weighted by Crippen LogP contribution is -2.53. The first-order chi connectivity index (χ1) is 14.5. The summed E-state index contributed by atoms with van der Waals surface area (Å²) in [5.41, 5.74) is 1.43. The van der Waals surface area contributed by atoms with E-state index in [2.05, 4.69) is 16.3 Å². The molecule has 8 heteroatoms. The van der Waals surface area contributed by atoms with Crippen LogP contribution in [0.4, 0.5) is 0 Å². The van der Waals surface area contributed by atoms with Gasteiger partial charge >= 0.3 is 0 Å². The van der Waals surface area contributed by atoms with E-state index in [1.807, 2.05) is 22.3 Å². The van der Waals surface area contributed by atoms with Crippen molar-refractivity contribution in [2.45, 2.75) is 30.2 Å². The SMILES string of the molecule is O=C(CN1CCc2sccc2C1C1CC1)N1CCN(S(=O)(=O)c2ccccc2)CC1. The first kappa shape index (κ1) is 20.2. The minimum absolute atomic E-state index is 0.121. The summed E-state index contributed by atoms with van der Waals surface area (Å²) in [5.74, 6) is 0.801. The number of sulfonamides is 1. The van der Waals surface area contributed by atoms with Crippen LogP contribution in [0.25, 0.3) is 0 Å². The predicted molar refractivity (Wildman–Crippen MR) is 117 cm³/mol. The first-order valence-corrected chi connectivity index (χ1v) is 13.0. The number of hydrogen-bond donors (Lipinski definition) is 0. The summed E-state index contributed by atoms with van der Waals surface area (Å²) in [4.78, 5) is 19.0. The zero-order chi connectivity index (χ0) is 20.7. The highest BCUT2D eigenvalue weighted by Crippen LogP contribution is 2.48. The molecule has 1 aliphatic carbocycles. The summed E-state index contributed by atoms with van der Waals surface area (Å²) < 4.78 is 27.1. The van der Waals surface area contributed by atoms with Crippen molar-refractivity contribution in [3.05, 3.63) is 52.2 Å². The van der Waals surface area contributed by atoms with Crippen LogP contribution in [0.3, 0.4) is 0 Å². The van der Waals surface area contributed by atoms with Gasteiger partial charge in [0.15, 0.2) is 0 Å². The Morgan fingerprint density at radius 2 is 1.73 bits per heavy atom. The van der Waals surface area contributed by atoms with Gasteiger partial charge in [0.25, 0.3) is 0 Å². The molecule has 160 valence electrons. The van der Waals surface area contributed by atoms with E-state index in [0.29, 0.717) is 49.6 Å². The third kappa shape index (κ3) is 3.82. The largest absolute Gasteiger partial charge is 0.339 e. The molecule has 1 aromatic carbocycles. The summed E-state index contributed by atoms with van der Waals surface area (Å²) in [6, 6.07) is 11.2. The lowest BCUT2D eigenvalue weighted by molar-refractivity contribution is -0.134. The van der Waals surface area contributed by atoms with E-state index in [0.717, 1.165) is 13.0 Å². The van der Waals surface area contributed by atoms with E-state index in [9.17, 15) is 13.2 Å². The van der Waals surface area contributed by atoms with E-state index in [-0.39, 0.29) is 5.91 Å². The molecular weight excluding hydrogens is 418 g/mol. The Kier molecular flexibility index (Phi) is 5.43. The van der Waals surface area contributed by atoms with Crippen molar-refractivity contribution in [3.63, 3.8) is 0 Å². The third-order valence-corrected chi connectivity index (χ3v) is 9.41. The Morgan fingerprint density at radius 1 is 1.00 bits per heavy atom. The monoisotopic (exact) mass is 445 g/mol. The van der Waals surface area contributed by atoms with E-state index >= 15 is 0 Å². The number of nitrogens with zero attached hydrogens (tertiary/aromatic N) is 3. The fraction of sp³-hybridized carbons (Fsp3) is 0.500. The van der Waals surface area contributed by atoms with Crippen LogP contribution in [-0.2, 0) is 21.2 Å². The molecule has 1 saturated heterocycles. The zero-order valence-corrected chi connectivity index (χ0v) is 18.6. The number of piperazine rings is 1. The highest BCUT2D eigenvalue weighted by atomic mass is 32.2. The highest BCUT2D eigenvalue weighted by molar-refractivity contribution is 7.89. The molecule has 3 heterocycles. The van der Waals surface area contributed by atoms with Gasteiger partial charge in [-0.3, -0.25) is 9.69 Å². The molecular formula is C22H27N3O3S2. The molecule has 1 unspecified atom stereocenters. The molecule has 0 bridgehead atoms. The molecule has 6 nitrogen and oxygen atoms in total. The molecule has 0 spiro atoms. The van der Waals surface area contributed by atoms with Crippen molar-refractivity contribution < 1.29 is 13.2 Å². The summed E-state index contributed by atoms with van der Waals surface area (Å²) in [6.07, 6.45) is 3.52. The number of rotatable bonds is 5. The highest BCUT2D eigenvalue weighted by Gasteiger charge is 2.41. The molecule has 3 aliphatic rings. The lowest BCUT2D eigenvalue weighted by atomic mass is 9.96. The van der Waals surface area contributed by atoms with Crippen molar-refractivity contribution >= 4 is 27.3 Å². The van der Waals surface area contributed by atoms with Crippen LogP contribution in [-0.4, -0.2) is 67.7 Å². The molecule has 30 heavy (non-hydrogen) atoms. The maximum Gasteiger partial charge on any atom is 0.243 e. The van der Waals surface area contributed by atoms with Crippen molar-refractivity contribution in [2.75, 3.05) is 39.3 Å². The minimum Gasteiger partial charge on any atom is -0.339 e. The summed E-state index contributed by atoms with van der Waals surface area (Å²) in [5, 5.41) is 2.18. The number of benzene rings is 1. The van der Waals surface area contributed by atoms with Gasteiger partial charge in [-0.1, -0.05) is 18.2 Å². The molecule has 2 aromatic rings. The molecule has 0 radical (unpaired) electrons. The van der Waals surface area contributed by atoms with Gasteiger partial charge in [0, 0.05) is 43.6 Å².